The average Bonchev–Trinajstić information content (AvgIpc) is 2.11. The maximum atomic E-state index is 5.80. The van der Waals surface area contributed by atoms with Crippen molar-refractivity contribution in [3.05, 3.63) is 10.4 Å². The Labute approximate surface area is 93.0 Å². The van der Waals surface area contributed by atoms with Crippen LogP contribution in [0.2, 0.25) is 10.4 Å². The lowest BCUT2D eigenvalue weighted by Gasteiger charge is -2.25. The molecule has 0 saturated carbocycles. The van der Waals surface area contributed by atoms with Gasteiger partial charge >= 0.3 is 0 Å². The summed E-state index contributed by atoms with van der Waals surface area (Å²) < 4.78 is 0. The van der Waals surface area contributed by atoms with Crippen molar-refractivity contribution in [3.8, 4) is 0 Å². The van der Waals surface area contributed by atoms with E-state index in [0.717, 1.165) is 6.42 Å². The van der Waals surface area contributed by atoms with Gasteiger partial charge in [-0.15, -0.1) is 10.2 Å². The van der Waals surface area contributed by atoms with Crippen LogP contribution in [0, 0.1) is 0 Å². The SMILES string of the molecule is CCC(C)(C)Nc1nc(Cl)nnc1Cl. The molecule has 0 atom stereocenters. The summed E-state index contributed by atoms with van der Waals surface area (Å²) in [6.07, 6.45) is 0.935. The summed E-state index contributed by atoms with van der Waals surface area (Å²) in [5.74, 6) is 0.471. The van der Waals surface area contributed by atoms with Crippen molar-refractivity contribution in [3.63, 3.8) is 0 Å². The number of hydrogen-bond acceptors (Lipinski definition) is 4. The fourth-order valence-electron chi connectivity index (χ4n) is 0.782. The molecule has 0 amide bonds. The van der Waals surface area contributed by atoms with Gasteiger partial charge in [0, 0.05) is 5.54 Å². The molecule has 1 rings (SSSR count). The smallest absolute Gasteiger partial charge is 0.245 e. The van der Waals surface area contributed by atoms with Gasteiger partial charge in [-0.05, 0) is 31.9 Å². The Bertz CT molecular complexity index is 327. The summed E-state index contributed by atoms with van der Waals surface area (Å²) in [5.41, 5.74) is -0.0942. The highest BCUT2D eigenvalue weighted by molar-refractivity contribution is 6.32. The first-order chi connectivity index (χ1) is 6.44. The van der Waals surface area contributed by atoms with Crippen LogP contribution < -0.4 is 5.32 Å². The summed E-state index contributed by atoms with van der Waals surface area (Å²) >= 11 is 11.4. The van der Waals surface area contributed by atoms with E-state index in [2.05, 4.69) is 27.4 Å². The summed E-state index contributed by atoms with van der Waals surface area (Å²) in [5, 5.41) is 10.6. The number of rotatable bonds is 3. The van der Waals surface area contributed by atoms with E-state index in [-0.39, 0.29) is 16.0 Å². The molecule has 0 spiro atoms. The minimum atomic E-state index is -0.0942. The second-order valence-corrected chi connectivity index (χ2v) is 4.28. The molecule has 6 heteroatoms. The predicted octanol–water partition coefficient (Wildman–Crippen LogP) is 2.78. The number of nitrogens with zero attached hydrogens (tertiary/aromatic N) is 3. The van der Waals surface area contributed by atoms with Gasteiger partial charge in [0.05, 0.1) is 0 Å². The maximum absolute atomic E-state index is 5.80. The third kappa shape index (κ3) is 2.96. The lowest BCUT2D eigenvalue weighted by Crippen LogP contribution is -2.30. The van der Waals surface area contributed by atoms with Crippen molar-refractivity contribution in [1.29, 1.82) is 0 Å². The molecule has 0 unspecified atom stereocenters. The topological polar surface area (TPSA) is 50.7 Å². The number of hydrogen-bond donors (Lipinski definition) is 1. The molecule has 1 aromatic heterocycles. The predicted molar refractivity (Wildman–Crippen MR) is 57.8 cm³/mol. The highest BCUT2D eigenvalue weighted by Crippen LogP contribution is 2.22. The first kappa shape index (κ1) is 11.5. The van der Waals surface area contributed by atoms with E-state index in [9.17, 15) is 0 Å². The second-order valence-electron chi connectivity index (χ2n) is 3.58. The Morgan fingerprint density at radius 3 is 2.50 bits per heavy atom. The fourth-order valence-corrected chi connectivity index (χ4v) is 1.03. The Kier molecular flexibility index (Phi) is 3.50. The van der Waals surface area contributed by atoms with Crippen molar-refractivity contribution >= 4 is 29.0 Å². The Morgan fingerprint density at radius 2 is 1.93 bits per heavy atom. The lowest BCUT2D eigenvalue weighted by molar-refractivity contribution is 0.544. The minimum absolute atomic E-state index is 0.0869. The molecule has 0 radical (unpaired) electrons. The Hall–Kier alpha value is -0.610. The molecule has 1 N–H and O–H groups in total. The van der Waals surface area contributed by atoms with Gasteiger partial charge in [0.2, 0.25) is 5.28 Å². The average molecular weight is 235 g/mol. The van der Waals surface area contributed by atoms with Crippen molar-refractivity contribution in [2.75, 3.05) is 5.32 Å². The van der Waals surface area contributed by atoms with Crippen LogP contribution in [0.15, 0.2) is 0 Å². The fraction of sp³-hybridized carbons (Fsp3) is 0.625. The van der Waals surface area contributed by atoms with Crippen LogP contribution in [-0.2, 0) is 0 Å². The highest BCUT2D eigenvalue weighted by Gasteiger charge is 2.17. The standard InChI is InChI=1S/C8H12Cl2N4/c1-4-8(2,3)12-6-5(9)13-14-7(10)11-6/h4H2,1-3H3,(H,11,12,14). The summed E-state index contributed by atoms with van der Waals surface area (Å²) in [4.78, 5) is 3.95. The number of halogens is 2. The molecule has 14 heavy (non-hydrogen) atoms. The zero-order chi connectivity index (χ0) is 10.8. The molecular weight excluding hydrogens is 223 g/mol. The van der Waals surface area contributed by atoms with Crippen molar-refractivity contribution < 1.29 is 0 Å². The van der Waals surface area contributed by atoms with Gasteiger partial charge in [-0.25, -0.2) is 0 Å². The van der Waals surface area contributed by atoms with Gasteiger partial charge in [-0.1, -0.05) is 18.5 Å². The number of anilines is 1. The highest BCUT2D eigenvalue weighted by atomic mass is 35.5. The van der Waals surface area contributed by atoms with Gasteiger partial charge in [0.25, 0.3) is 0 Å². The largest absolute Gasteiger partial charge is 0.362 e. The van der Waals surface area contributed by atoms with Crippen LogP contribution in [0.3, 0.4) is 0 Å². The van der Waals surface area contributed by atoms with Crippen LogP contribution >= 0.6 is 23.2 Å². The molecule has 78 valence electrons. The molecule has 0 aliphatic heterocycles. The van der Waals surface area contributed by atoms with E-state index in [1.807, 2.05) is 13.8 Å². The third-order valence-corrected chi connectivity index (χ3v) is 2.38. The molecule has 0 aromatic carbocycles. The van der Waals surface area contributed by atoms with Gasteiger partial charge in [-0.2, -0.15) is 4.98 Å². The molecule has 0 bridgehead atoms. The third-order valence-electron chi connectivity index (χ3n) is 1.96. The summed E-state index contributed by atoms with van der Waals surface area (Å²) in [7, 11) is 0. The van der Waals surface area contributed by atoms with Crippen LogP contribution in [0.25, 0.3) is 0 Å². The van der Waals surface area contributed by atoms with Crippen molar-refractivity contribution in [2.45, 2.75) is 32.7 Å². The van der Waals surface area contributed by atoms with Gasteiger partial charge in [0.1, 0.15) is 0 Å². The second kappa shape index (κ2) is 4.28. The molecular formula is C8H12Cl2N4. The van der Waals surface area contributed by atoms with Gasteiger partial charge in [-0.3, -0.25) is 0 Å². The summed E-state index contributed by atoms with van der Waals surface area (Å²) in [6, 6.07) is 0. The van der Waals surface area contributed by atoms with Gasteiger partial charge in [0.15, 0.2) is 11.0 Å². The van der Waals surface area contributed by atoms with Crippen LogP contribution in [0.5, 0.6) is 0 Å². The van der Waals surface area contributed by atoms with Crippen LogP contribution in [0.1, 0.15) is 27.2 Å². The first-order valence-corrected chi connectivity index (χ1v) is 5.04. The molecule has 0 aliphatic rings. The van der Waals surface area contributed by atoms with Crippen LogP contribution in [-0.4, -0.2) is 20.7 Å². The molecule has 0 aliphatic carbocycles. The van der Waals surface area contributed by atoms with Crippen molar-refractivity contribution in [1.82, 2.24) is 15.2 Å². The van der Waals surface area contributed by atoms with E-state index in [1.54, 1.807) is 0 Å². The number of nitrogens with one attached hydrogen (secondary N) is 1. The first-order valence-electron chi connectivity index (χ1n) is 4.28. The normalized spacial score (nSPS) is 11.5. The Balaban J connectivity index is 2.91. The molecule has 0 saturated heterocycles. The van der Waals surface area contributed by atoms with E-state index >= 15 is 0 Å². The van der Waals surface area contributed by atoms with E-state index in [0.29, 0.717) is 5.82 Å². The molecule has 1 heterocycles. The van der Waals surface area contributed by atoms with Crippen molar-refractivity contribution in [2.24, 2.45) is 0 Å². The monoisotopic (exact) mass is 234 g/mol. The number of aromatic nitrogens is 3. The molecule has 4 nitrogen and oxygen atoms in total. The van der Waals surface area contributed by atoms with E-state index in [1.165, 1.54) is 0 Å². The minimum Gasteiger partial charge on any atom is -0.362 e. The zero-order valence-electron chi connectivity index (χ0n) is 8.30. The summed E-state index contributed by atoms with van der Waals surface area (Å²) in [6.45, 7) is 6.15. The van der Waals surface area contributed by atoms with E-state index < -0.39 is 0 Å². The molecule has 0 fully saturated rings. The Morgan fingerprint density at radius 1 is 1.29 bits per heavy atom. The quantitative estimate of drug-likeness (QED) is 0.875. The lowest BCUT2D eigenvalue weighted by atomic mass is 10.0. The zero-order valence-corrected chi connectivity index (χ0v) is 9.82. The molecule has 1 aromatic rings. The maximum Gasteiger partial charge on any atom is 0.245 e. The van der Waals surface area contributed by atoms with E-state index in [4.69, 9.17) is 23.2 Å². The van der Waals surface area contributed by atoms with Crippen LogP contribution in [0.4, 0.5) is 5.82 Å². The van der Waals surface area contributed by atoms with Gasteiger partial charge < -0.3 is 5.32 Å².